The largest absolute Gasteiger partial charge is 0.334 e. The van der Waals surface area contributed by atoms with Crippen LogP contribution in [0, 0.1) is 106 Å². The van der Waals surface area contributed by atoms with Gasteiger partial charge in [0.15, 0.2) is 0 Å². The van der Waals surface area contributed by atoms with Crippen LogP contribution in [0.4, 0.5) is 56.9 Å². The molecule has 0 amide bonds. The third-order valence-electron chi connectivity index (χ3n) is 19.9. The Morgan fingerprint density at radius 2 is 0.375 bits per heavy atom. The lowest BCUT2D eigenvalue weighted by Gasteiger charge is -2.33. The molecule has 0 radical (unpaired) electrons. The molecule has 0 aromatic heterocycles. The van der Waals surface area contributed by atoms with Gasteiger partial charge in [0.2, 0.25) is 0 Å². The quantitative estimate of drug-likeness (QED) is 0.113. The van der Waals surface area contributed by atoms with Gasteiger partial charge in [-0.05, 0) is 315 Å². The zero-order valence-electron chi connectivity index (χ0n) is 63.8. The molecule has 112 heavy (non-hydrogen) atoms. The molecular weight excluding hydrogens is 1350 g/mol. The summed E-state index contributed by atoms with van der Waals surface area (Å²) in [6.45, 7) is 12.7. The number of anilines is 10. The molecule has 15 rings (SSSR count). The molecule has 534 valence electrons. The highest BCUT2D eigenvalue weighted by Crippen LogP contribution is 2.39. The van der Waals surface area contributed by atoms with Gasteiger partial charge >= 0.3 is 0 Å². The fraction of sp³-hybridized carbons (Fsp3) is 0.0926. The Balaban J connectivity index is 0.618. The number of allylic oxidation sites excluding steroid dienone is 4. The van der Waals surface area contributed by atoms with Crippen molar-refractivity contribution in [3.63, 3.8) is 0 Å². The molecule has 0 fully saturated rings. The average molecular weight is 1440 g/mol. The molecule has 0 N–H and O–H groups in total. The minimum atomic E-state index is 0.00915. The molecule has 0 aliphatic heterocycles. The fourth-order valence-electron chi connectivity index (χ4n) is 13.5. The summed E-state index contributed by atoms with van der Waals surface area (Å²) in [6, 6.07) is 111. The average Bonchev–Trinajstić information content (AvgIpc) is 0.823. The second-order valence-electron chi connectivity index (χ2n) is 28.5. The van der Waals surface area contributed by atoms with Crippen LogP contribution in [0.2, 0.25) is 0 Å². The summed E-state index contributed by atoms with van der Waals surface area (Å²) < 4.78 is 0. The molecule has 2 aliphatic carbocycles. The Kier molecular flexibility index (Phi) is 22.5. The Labute approximate surface area is 661 Å². The van der Waals surface area contributed by atoms with E-state index in [2.05, 4.69) is 411 Å². The van der Waals surface area contributed by atoms with Crippen molar-refractivity contribution >= 4 is 56.9 Å². The topological polar surface area (TPSA) is 13.0 Å². The maximum atomic E-state index is 3.45. The smallest absolute Gasteiger partial charge is 0.0560 e. The first-order valence-electron chi connectivity index (χ1n) is 38.1. The predicted octanol–water partition coefficient (Wildman–Crippen LogP) is 25.0. The van der Waals surface area contributed by atoms with E-state index in [4.69, 9.17) is 0 Å². The fourth-order valence-corrected chi connectivity index (χ4v) is 13.5. The van der Waals surface area contributed by atoms with Gasteiger partial charge in [-0.1, -0.05) is 195 Å². The van der Waals surface area contributed by atoms with Gasteiger partial charge in [0.25, 0.3) is 0 Å². The van der Waals surface area contributed by atoms with E-state index in [1.165, 1.54) is 39.1 Å². The van der Waals surface area contributed by atoms with Crippen LogP contribution < -0.4 is 19.6 Å². The Morgan fingerprint density at radius 3 is 0.580 bits per heavy atom. The summed E-state index contributed by atoms with van der Waals surface area (Å²) in [6.07, 6.45) is 15.2. The van der Waals surface area contributed by atoms with E-state index in [1.807, 2.05) is 72.8 Å². The van der Waals surface area contributed by atoms with Gasteiger partial charge in [-0.2, -0.15) is 0 Å². The molecule has 2 atom stereocenters. The molecule has 0 bridgehead atoms. The first-order valence-corrected chi connectivity index (χ1v) is 38.1. The number of hydrogen-bond acceptors (Lipinski definition) is 4. The zero-order valence-corrected chi connectivity index (χ0v) is 63.8. The minimum Gasteiger partial charge on any atom is -0.334 e. The van der Waals surface area contributed by atoms with E-state index >= 15 is 0 Å². The van der Waals surface area contributed by atoms with Gasteiger partial charge < -0.3 is 19.6 Å². The second-order valence-corrected chi connectivity index (χ2v) is 28.5. The second kappa shape index (κ2) is 34.5. The molecule has 13 aromatic rings. The van der Waals surface area contributed by atoms with Crippen LogP contribution in [0.5, 0.6) is 0 Å². The summed E-state index contributed by atoms with van der Waals surface area (Å²) in [5, 5.41) is 0. The zero-order chi connectivity index (χ0) is 76.5. The van der Waals surface area contributed by atoms with Crippen molar-refractivity contribution in [2.75, 3.05) is 19.6 Å². The minimum absolute atomic E-state index is 0.00915. The summed E-state index contributed by atoms with van der Waals surface area (Å²) in [5.41, 5.74) is 29.6. The predicted molar refractivity (Wildman–Crippen MR) is 469 cm³/mol. The molecule has 4 heteroatoms. The van der Waals surface area contributed by atoms with E-state index in [0.717, 1.165) is 131 Å². The highest BCUT2D eigenvalue weighted by molar-refractivity contribution is 5.79. The van der Waals surface area contributed by atoms with Crippen LogP contribution in [0.25, 0.3) is 0 Å². The molecular formula is C108H82N4. The number of benzene rings is 13. The summed E-state index contributed by atoms with van der Waals surface area (Å²) in [7, 11) is 0. The highest BCUT2D eigenvalue weighted by atomic mass is 15.2. The third-order valence-corrected chi connectivity index (χ3v) is 19.9. The molecule has 0 saturated heterocycles. The molecule has 2 aliphatic rings. The van der Waals surface area contributed by atoms with Crippen molar-refractivity contribution in [1.82, 2.24) is 0 Å². The Morgan fingerprint density at radius 1 is 0.196 bits per heavy atom. The van der Waals surface area contributed by atoms with Gasteiger partial charge in [-0.3, -0.25) is 0 Å². The molecule has 13 aromatic carbocycles. The van der Waals surface area contributed by atoms with Crippen LogP contribution in [0.1, 0.15) is 109 Å². The lowest BCUT2D eigenvalue weighted by molar-refractivity contribution is 0.779. The van der Waals surface area contributed by atoms with E-state index in [0.29, 0.717) is 0 Å². The summed E-state index contributed by atoms with van der Waals surface area (Å²) in [4.78, 5) is 9.35. The standard InChI is InChI=1S/C108H82N4/c1-79-7-55-97(56-8-79)109(98-57-9-80(2)10-58-98)103-67-43-91(44-68-103)37-31-85-19-25-88(26-20-85)34-40-94-49-73-106(74-50-94)112(107-75-51-95(52-76-107)41-35-89-27-21-86(22-28-89)32-38-92-45-69-104(70-46-92)110(99-59-11-81(3)12-60-99)100-61-13-82(4)14-62-100)108-77-53-96(54-78-108)42-36-90-29-23-87(24-30-90)33-39-93-47-71-105(72-48-93)111(101-63-15-83(5)16-64-101)102-65-17-84(6)18-66-102/h7-30,43-65,67-75,77-78,102,107H,66,76H2,1-6H3. The van der Waals surface area contributed by atoms with E-state index in [-0.39, 0.29) is 12.1 Å². The normalized spacial score (nSPS) is 13.0. The third kappa shape index (κ3) is 18.7. The van der Waals surface area contributed by atoms with Gasteiger partial charge in [-0.25, -0.2) is 0 Å². The number of rotatable bonds is 12. The van der Waals surface area contributed by atoms with Gasteiger partial charge in [0.05, 0.1) is 12.1 Å². The van der Waals surface area contributed by atoms with Crippen LogP contribution >= 0.6 is 0 Å². The van der Waals surface area contributed by atoms with E-state index < -0.39 is 0 Å². The molecule has 0 spiro atoms. The Bertz CT molecular complexity index is 5960. The van der Waals surface area contributed by atoms with E-state index in [1.54, 1.807) is 0 Å². The summed E-state index contributed by atoms with van der Waals surface area (Å²) in [5.74, 6) is 40.8. The van der Waals surface area contributed by atoms with Crippen molar-refractivity contribution in [2.24, 2.45) is 0 Å². The van der Waals surface area contributed by atoms with Crippen molar-refractivity contribution in [1.29, 1.82) is 0 Å². The van der Waals surface area contributed by atoms with Gasteiger partial charge in [0, 0.05) is 124 Å². The number of aryl methyl sites for hydroxylation is 5. The van der Waals surface area contributed by atoms with Crippen LogP contribution in [0.15, 0.2) is 363 Å². The van der Waals surface area contributed by atoms with Crippen molar-refractivity contribution in [3.8, 4) is 71.0 Å². The Hall–Kier alpha value is -14.6. The molecule has 2 unspecified atom stereocenters. The van der Waals surface area contributed by atoms with Crippen LogP contribution in [-0.2, 0) is 0 Å². The maximum absolute atomic E-state index is 3.45. The molecule has 0 saturated carbocycles. The molecule has 4 nitrogen and oxygen atoms in total. The van der Waals surface area contributed by atoms with Crippen LogP contribution in [0.3, 0.4) is 0 Å². The lowest BCUT2D eigenvalue weighted by atomic mass is 9.99. The molecule has 0 heterocycles. The van der Waals surface area contributed by atoms with Crippen molar-refractivity contribution in [2.45, 2.75) is 66.5 Å². The number of nitrogens with zero attached hydrogens (tertiary/aromatic N) is 4. The van der Waals surface area contributed by atoms with Crippen molar-refractivity contribution < 1.29 is 0 Å². The lowest BCUT2D eigenvalue weighted by Crippen LogP contribution is -2.30. The highest BCUT2D eigenvalue weighted by Gasteiger charge is 2.23. The monoisotopic (exact) mass is 1430 g/mol. The van der Waals surface area contributed by atoms with Gasteiger partial charge in [-0.15, -0.1) is 0 Å². The maximum Gasteiger partial charge on any atom is 0.0560 e. The number of hydrogen-bond donors (Lipinski definition) is 0. The summed E-state index contributed by atoms with van der Waals surface area (Å²) >= 11 is 0. The van der Waals surface area contributed by atoms with E-state index in [9.17, 15) is 0 Å². The first-order chi connectivity index (χ1) is 54.9. The van der Waals surface area contributed by atoms with Gasteiger partial charge in [0.1, 0.15) is 0 Å². The van der Waals surface area contributed by atoms with Crippen molar-refractivity contribution in [3.05, 3.63) is 452 Å². The first kappa shape index (κ1) is 72.9. The van der Waals surface area contributed by atoms with Crippen LogP contribution in [-0.4, -0.2) is 12.1 Å². The SMILES string of the molecule is CC1=CCC(N(c2ccc(C)cc2)c2ccc(C#Cc3ccc(C#Cc4ccc(N(c5ccc(C#Cc6ccc(C#Cc7ccc(N(c8ccc(C)cc8)c8ccc(C)cc8)cc7)cc6)cc5)C5C=CC(C#Cc6ccc(C#Cc7ccc(N(c8ccc(C)cc8)c8ccc(C)cc8)cc7)cc6)=CC5)cc4)cc3)cc2)C=C1.